The first-order chi connectivity index (χ1) is 10.1. The van der Waals surface area contributed by atoms with Crippen LogP contribution in [0.5, 0.6) is 5.75 Å². The summed E-state index contributed by atoms with van der Waals surface area (Å²) in [6.07, 6.45) is 0. The van der Waals surface area contributed by atoms with Gasteiger partial charge >= 0.3 is 0 Å². The summed E-state index contributed by atoms with van der Waals surface area (Å²) in [5.41, 5.74) is 3.32. The first-order valence-corrected chi connectivity index (χ1v) is 7.27. The smallest absolute Gasteiger partial charge is 0.142 e. The van der Waals surface area contributed by atoms with Gasteiger partial charge < -0.3 is 9.64 Å². The molecule has 110 valence electrons. The average Bonchev–Trinajstić information content (AvgIpc) is 2.48. The topological polar surface area (TPSA) is 12.5 Å². The first kappa shape index (κ1) is 14.4. The van der Waals surface area contributed by atoms with Crippen molar-refractivity contribution in [3.63, 3.8) is 0 Å². The average molecular weight is 306 g/mol. The largest absolute Gasteiger partial charge is 0.496 e. The highest BCUT2D eigenvalue weighted by Gasteiger charge is 2.27. The number of nitrogens with zero attached hydrogens (tertiary/aromatic N) is 1. The van der Waals surface area contributed by atoms with Crippen molar-refractivity contribution < 1.29 is 9.13 Å². The van der Waals surface area contributed by atoms with Crippen LogP contribution in [0.25, 0.3) is 0 Å². The molecule has 0 radical (unpaired) electrons. The van der Waals surface area contributed by atoms with E-state index in [-0.39, 0.29) is 16.8 Å². The van der Waals surface area contributed by atoms with E-state index < -0.39 is 0 Å². The van der Waals surface area contributed by atoms with Crippen molar-refractivity contribution in [1.29, 1.82) is 0 Å². The molecule has 0 N–H and O–H groups in total. The fourth-order valence-electron chi connectivity index (χ4n) is 3.03. The van der Waals surface area contributed by atoms with Gasteiger partial charge in [-0.25, -0.2) is 4.39 Å². The Hall–Kier alpha value is -1.58. The monoisotopic (exact) mass is 305 g/mol. The van der Waals surface area contributed by atoms with Crippen molar-refractivity contribution in [1.82, 2.24) is 4.90 Å². The number of methoxy groups -OCH3 is 1. The lowest BCUT2D eigenvalue weighted by molar-refractivity contribution is 0.285. The molecule has 1 heterocycles. The van der Waals surface area contributed by atoms with Crippen LogP contribution in [0.3, 0.4) is 0 Å². The van der Waals surface area contributed by atoms with Crippen LogP contribution in [0.2, 0.25) is 5.02 Å². The molecule has 0 aromatic heterocycles. The summed E-state index contributed by atoms with van der Waals surface area (Å²) in [6, 6.07) is 11.1. The zero-order chi connectivity index (χ0) is 15.0. The highest BCUT2D eigenvalue weighted by molar-refractivity contribution is 6.30. The molecule has 0 spiro atoms. The van der Waals surface area contributed by atoms with Gasteiger partial charge in [0.2, 0.25) is 0 Å². The van der Waals surface area contributed by atoms with Crippen LogP contribution in [0.4, 0.5) is 4.39 Å². The first-order valence-electron chi connectivity index (χ1n) is 6.89. The molecule has 1 aliphatic heterocycles. The number of likely N-dealkylation sites (N-methyl/N-ethyl adjacent to an activating group) is 1. The van der Waals surface area contributed by atoms with Gasteiger partial charge in [0, 0.05) is 24.6 Å². The molecule has 0 saturated heterocycles. The van der Waals surface area contributed by atoms with E-state index in [1.165, 1.54) is 17.2 Å². The summed E-state index contributed by atoms with van der Waals surface area (Å²) in [4.78, 5) is 2.22. The molecule has 0 amide bonds. The number of benzene rings is 2. The van der Waals surface area contributed by atoms with Crippen molar-refractivity contribution in [3.05, 3.63) is 63.9 Å². The summed E-state index contributed by atoms with van der Waals surface area (Å²) >= 11 is 5.79. The van der Waals surface area contributed by atoms with Gasteiger partial charge in [-0.1, -0.05) is 29.8 Å². The number of rotatable bonds is 2. The van der Waals surface area contributed by atoms with Gasteiger partial charge in [0.05, 0.1) is 12.1 Å². The van der Waals surface area contributed by atoms with Crippen LogP contribution in [0.1, 0.15) is 22.6 Å². The number of hydrogen-bond donors (Lipinski definition) is 0. The fourth-order valence-corrected chi connectivity index (χ4v) is 3.15. The van der Waals surface area contributed by atoms with Gasteiger partial charge in [-0.05, 0) is 36.4 Å². The molecule has 3 rings (SSSR count). The predicted molar refractivity (Wildman–Crippen MR) is 82.6 cm³/mol. The predicted octanol–water partition coefficient (Wildman–Crippen LogP) is 4.07. The Labute approximate surface area is 129 Å². The van der Waals surface area contributed by atoms with Gasteiger partial charge in [-0.15, -0.1) is 0 Å². The summed E-state index contributed by atoms with van der Waals surface area (Å²) < 4.78 is 19.2. The molecule has 2 aromatic rings. The number of halogens is 2. The van der Waals surface area contributed by atoms with Crippen LogP contribution >= 0.6 is 11.6 Å². The minimum Gasteiger partial charge on any atom is -0.496 e. The number of fused-ring (bicyclic) bond motifs is 1. The third kappa shape index (κ3) is 2.63. The number of hydrogen-bond acceptors (Lipinski definition) is 2. The van der Waals surface area contributed by atoms with E-state index in [4.69, 9.17) is 16.3 Å². The van der Waals surface area contributed by atoms with Gasteiger partial charge in [-0.2, -0.15) is 0 Å². The summed E-state index contributed by atoms with van der Waals surface area (Å²) in [5.74, 6) is 0.644. The molecule has 1 atom stereocenters. The van der Waals surface area contributed by atoms with Crippen molar-refractivity contribution in [2.45, 2.75) is 12.5 Å². The van der Waals surface area contributed by atoms with E-state index in [9.17, 15) is 4.39 Å². The maximum atomic E-state index is 13.8. The van der Waals surface area contributed by atoms with Crippen LogP contribution < -0.4 is 4.74 Å². The second kappa shape index (κ2) is 5.66. The molecule has 2 aromatic carbocycles. The zero-order valence-electron chi connectivity index (χ0n) is 12.1. The molecular formula is C17H17ClFNO. The van der Waals surface area contributed by atoms with Crippen LogP contribution in [0.15, 0.2) is 36.4 Å². The van der Waals surface area contributed by atoms with Crippen molar-refractivity contribution >= 4 is 11.6 Å². The van der Waals surface area contributed by atoms with Gasteiger partial charge in [0.1, 0.15) is 11.6 Å². The van der Waals surface area contributed by atoms with Crippen LogP contribution in [-0.2, 0) is 6.54 Å². The summed E-state index contributed by atoms with van der Waals surface area (Å²) in [6.45, 7) is 1.69. The second-order valence-corrected chi connectivity index (χ2v) is 5.86. The van der Waals surface area contributed by atoms with E-state index >= 15 is 0 Å². The Morgan fingerprint density at radius 3 is 2.81 bits per heavy atom. The fraction of sp³-hybridized carbons (Fsp3) is 0.294. The Bertz CT molecular complexity index is 674. The van der Waals surface area contributed by atoms with Gasteiger partial charge in [0.25, 0.3) is 0 Å². The van der Waals surface area contributed by atoms with Crippen molar-refractivity contribution in [3.8, 4) is 5.75 Å². The lowest BCUT2D eigenvalue weighted by Crippen LogP contribution is -2.31. The SMILES string of the molecule is COc1cccc2c1CN(C)CC2c1ccc(Cl)c(F)c1. The standard InChI is InChI=1S/C17H17ClFNO/c1-20-9-13(11-6-7-15(18)16(19)8-11)12-4-3-5-17(21-2)14(12)10-20/h3-8,13H,9-10H2,1-2H3. The molecule has 21 heavy (non-hydrogen) atoms. The third-order valence-corrected chi connectivity index (χ3v) is 4.34. The van der Waals surface area contributed by atoms with Crippen molar-refractivity contribution in [2.24, 2.45) is 0 Å². The maximum Gasteiger partial charge on any atom is 0.142 e. The molecule has 0 bridgehead atoms. The number of ether oxygens (including phenoxy) is 1. The summed E-state index contributed by atoms with van der Waals surface area (Å²) in [5, 5.41) is 0.161. The summed E-state index contributed by atoms with van der Waals surface area (Å²) in [7, 11) is 3.75. The highest BCUT2D eigenvalue weighted by Crippen LogP contribution is 2.37. The normalized spacial score (nSPS) is 18.4. The molecule has 0 fully saturated rings. The van der Waals surface area contributed by atoms with Gasteiger partial charge in [0.15, 0.2) is 0 Å². The van der Waals surface area contributed by atoms with E-state index in [0.717, 1.165) is 24.4 Å². The Morgan fingerprint density at radius 2 is 2.10 bits per heavy atom. The van der Waals surface area contributed by atoms with Crippen LogP contribution in [0, 0.1) is 5.82 Å². The van der Waals surface area contributed by atoms with E-state index in [1.807, 2.05) is 18.2 Å². The molecule has 1 aliphatic rings. The van der Waals surface area contributed by atoms with E-state index in [1.54, 1.807) is 13.2 Å². The Morgan fingerprint density at radius 1 is 1.29 bits per heavy atom. The lowest BCUT2D eigenvalue weighted by Gasteiger charge is -2.33. The second-order valence-electron chi connectivity index (χ2n) is 5.45. The molecule has 0 aliphatic carbocycles. The minimum absolute atomic E-state index is 0.126. The Kier molecular flexibility index (Phi) is 3.87. The molecule has 2 nitrogen and oxygen atoms in total. The molecular weight excluding hydrogens is 289 g/mol. The van der Waals surface area contributed by atoms with Crippen LogP contribution in [-0.4, -0.2) is 25.6 Å². The zero-order valence-corrected chi connectivity index (χ0v) is 12.8. The van der Waals surface area contributed by atoms with E-state index in [2.05, 4.69) is 18.0 Å². The maximum absolute atomic E-state index is 13.8. The lowest BCUT2D eigenvalue weighted by atomic mass is 9.84. The van der Waals surface area contributed by atoms with Gasteiger partial charge in [-0.3, -0.25) is 0 Å². The third-order valence-electron chi connectivity index (χ3n) is 4.03. The highest BCUT2D eigenvalue weighted by atomic mass is 35.5. The quantitative estimate of drug-likeness (QED) is 0.829. The van der Waals surface area contributed by atoms with E-state index in [0.29, 0.717) is 0 Å². The molecule has 4 heteroatoms. The minimum atomic E-state index is -0.369. The molecule has 0 saturated carbocycles. The molecule has 1 unspecified atom stereocenters. The van der Waals surface area contributed by atoms with Crippen molar-refractivity contribution in [2.75, 3.05) is 20.7 Å². The Balaban J connectivity index is 2.10.